The van der Waals surface area contributed by atoms with Crippen molar-refractivity contribution < 1.29 is 12.9 Å². The van der Waals surface area contributed by atoms with Gasteiger partial charge in [-0.3, -0.25) is 4.98 Å². The molecule has 0 saturated carbocycles. The van der Waals surface area contributed by atoms with Crippen LogP contribution in [0.15, 0.2) is 70.3 Å². The van der Waals surface area contributed by atoms with E-state index >= 15 is 0 Å². The van der Waals surface area contributed by atoms with Crippen LogP contribution in [0, 0.1) is 0 Å². The Bertz CT molecular complexity index is 1240. The fraction of sp³-hybridized carbons (Fsp3) is 0.238. The first kappa shape index (κ1) is 22.2. The molecule has 0 aliphatic heterocycles. The second-order valence-corrected chi connectivity index (χ2v) is 8.70. The first-order valence-electron chi connectivity index (χ1n) is 9.43. The van der Waals surface area contributed by atoms with Crippen molar-refractivity contribution in [2.75, 3.05) is 13.1 Å². The molecular weight excluding hydrogens is 424 g/mol. The van der Waals surface area contributed by atoms with E-state index in [9.17, 15) is 8.42 Å². The number of fused-ring (bicyclic) bond motifs is 2. The second-order valence-electron chi connectivity index (χ2n) is 6.99. The lowest BCUT2D eigenvalue weighted by Crippen LogP contribution is -2.40. The van der Waals surface area contributed by atoms with Crippen LogP contribution in [0.3, 0.4) is 0 Å². The number of halogens is 1. The maximum absolute atomic E-state index is 12.7. The van der Waals surface area contributed by atoms with Gasteiger partial charge in [0.25, 0.3) is 0 Å². The molecule has 2 aromatic heterocycles. The van der Waals surface area contributed by atoms with Crippen molar-refractivity contribution in [1.29, 1.82) is 0 Å². The molecule has 158 valence electrons. The van der Waals surface area contributed by atoms with E-state index in [0.717, 1.165) is 27.4 Å². The van der Waals surface area contributed by atoms with Gasteiger partial charge in [0.2, 0.25) is 10.0 Å². The zero-order chi connectivity index (χ0) is 20.3. The summed E-state index contributed by atoms with van der Waals surface area (Å²) in [5.41, 5.74) is 1.67. The van der Waals surface area contributed by atoms with Gasteiger partial charge in [-0.2, -0.15) is 0 Å². The summed E-state index contributed by atoms with van der Waals surface area (Å²) in [6.45, 7) is 3.01. The molecule has 0 radical (unpaired) electrons. The summed E-state index contributed by atoms with van der Waals surface area (Å²) >= 11 is 0. The van der Waals surface area contributed by atoms with Crippen LogP contribution in [0.2, 0.25) is 0 Å². The van der Waals surface area contributed by atoms with E-state index in [1.165, 1.54) is 0 Å². The Labute approximate surface area is 181 Å². The number of aromatic nitrogens is 2. The first-order chi connectivity index (χ1) is 14.0. The fourth-order valence-electron chi connectivity index (χ4n) is 3.25. The lowest BCUT2D eigenvalue weighted by atomic mass is 10.2. The van der Waals surface area contributed by atoms with E-state index in [1.54, 1.807) is 36.7 Å². The molecule has 2 N–H and O–H groups in total. The van der Waals surface area contributed by atoms with E-state index in [2.05, 4.69) is 20.2 Å². The molecule has 0 fully saturated rings. The zero-order valence-corrected chi connectivity index (χ0v) is 18.0. The van der Waals surface area contributed by atoms with Crippen LogP contribution >= 0.6 is 12.4 Å². The Morgan fingerprint density at radius 3 is 2.80 bits per heavy atom. The zero-order valence-electron chi connectivity index (χ0n) is 16.4. The highest BCUT2D eigenvalue weighted by Gasteiger charge is 2.17. The summed E-state index contributed by atoms with van der Waals surface area (Å²) in [5, 5.41) is 10.1. The minimum atomic E-state index is -3.60. The average molecular weight is 447 g/mol. The third kappa shape index (κ3) is 4.96. The number of benzene rings is 2. The van der Waals surface area contributed by atoms with Crippen LogP contribution in [-0.2, 0) is 16.4 Å². The van der Waals surface area contributed by atoms with Gasteiger partial charge in [0, 0.05) is 48.7 Å². The van der Waals surface area contributed by atoms with Gasteiger partial charge in [0.1, 0.15) is 0 Å². The lowest BCUT2D eigenvalue weighted by molar-refractivity contribution is 0.444. The van der Waals surface area contributed by atoms with Gasteiger partial charge >= 0.3 is 0 Å². The Kier molecular flexibility index (Phi) is 7.04. The molecule has 2 aromatic carbocycles. The van der Waals surface area contributed by atoms with Gasteiger partial charge in [-0.05, 0) is 42.6 Å². The van der Waals surface area contributed by atoms with Crippen LogP contribution in [0.25, 0.3) is 21.7 Å². The Balaban J connectivity index is 0.00000256. The third-order valence-electron chi connectivity index (χ3n) is 4.72. The highest BCUT2D eigenvalue weighted by Crippen LogP contribution is 2.19. The fourth-order valence-corrected chi connectivity index (χ4v) is 4.53. The third-order valence-corrected chi connectivity index (χ3v) is 6.31. The van der Waals surface area contributed by atoms with Gasteiger partial charge in [0.15, 0.2) is 5.58 Å². The van der Waals surface area contributed by atoms with E-state index in [-0.39, 0.29) is 23.3 Å². The van der Waals surface area contributed by atoms with Crippen molar-refractivity contribution >= 4 is 44.2 Å². The predicted octanol–water partition coefficient (Wildman–Crippen LogP) is 3.30. The average Bonchev–Trinajstić information content (AvgIpc) is 3.14. The molecular formula is C21H23ClN4O3S. The number of nitrogens with one attached hydrogen (secondary N) is 2. The van der Waals surface area contributed by atoms with Crippen molar-refractivity contribution in [3.05, 3.63) is 66.6 Å². The molecule has 1 unspecified atom stereocenters. The normalized spacial score (nSPS) is 12.7. The monoisotopic (exact) mass is 446 g/mol. The summed E-state index contributed by atoms with van der Waals surface area (Å²) < 4.78 is 33.4. The van der Waals surface area contributed by atoms with Gasteiger partial charge in [0.05, 0.1) is 10.6 Å². The molecule has 1 atom stereocenters. The molecule has 0 amide bonds. The highest BCUT2D eigenvalue weighted by molar-refractivity contribution is 7.89. The number of hydrogen-bond acceptors (Lipinski definition) is 6. The van der Waals surface area contributed by atoms with E-state index in [0.29, 0.717) is 19.5 Å². The maximum Gasteiger partial charge on any atom is 0.240 e. The van der Waals surface area contributed by atoms with Gasteiger partial charge in [-0.25, -0.2) is 13.1 Å². The van der Waals surface area contributed by atoms with Crippen molar-refractivity contribution in [3.63, 3.8) is 0 Å². The SMILES string of the molecule is CC(CNCCc1noc2ccccc12)NS(=O)(=O)c1ccc2cnccc2c1.Cl. The van der Waals surface area contributed by atoms with E-state index in [4.69, 9.17) is 4.52 Å². The quantitative estimate of drug-likeness (QED) is 0.403. The smallest absolute Gasteiger partial charge is 0.240 e. The molecule has 0 spiro atoms. The topological polar surface area (TPSA) is 97.1 Å². The standard InChI is InChI=1S/C21H22N4O3S.ClH/c1-15(13-22-11-9-20-19-4-2-3-5-21(19)28-24-20)25-29(26,27)18-7-6-17-14-23-10-8-16(17)12-18;/h2-8,10,12,14-15,22,25H,9,11,13H2,1H3;1H. The number of pyridine rings is 1. The van der Waals surface area contributed by atoms with Crippen LogP contribution in [0.1, 0.15) is 12.6 Å². The summed E-state index contributed by atoms with van der Waals surface area (Å²) in [6, 6.07) is 14.3. The molecule has 0 saturated heterocycles. The Morgan fingerprint density at radius 2 is 1.93 bits per heavy atom. The minimum absolute atomic E-state index is 0. The number of sulfonamides is 1. The van der Waals surface area contributed by atoms with Crippen molar-refractivity contribution in [1.82, 2.24) is 20.2 Å². The molecule has 4 rings (SSSR count). The maximum atomic E-state index is 12.7. The molecule has 9 heteroatoms. The molecule has 2 heterocycles. The van der Waals surface area contributed by atoms with Gasteiger partial charge in [-0.15, -0.1) is 12.4 Å². The van der Waals surface area contributed by atoms with Crippen molar-refractivity contribution in [3.8, 4) is 0 Å². The van der Waals surface area contributed by atoms with E-state index in [1.807, 2.05) is 31.2 Å². The van der Waals surface area contributed by atoms with Crippen LogP contribution < -0.4 is 10.0 Å². The van der Waals surface area contributed by atoms with Gasteiger partial charge in [-0.1, -0.05) is 23.4 Å². The second kappa shape index (κ2) is 9.53. The highest BCUT2D eigenvalue weighted by atomic mass is 35.5. The number of hydrogen-bond donors (Lipinski definition) is 2. The number of nitrogens with zero attached hydrogens (tertiary/aromatic N) is 2. The number of rotatable bonds is 8. The predicted molar refractivity (Wildman–Crippen MR) is 119 cm³/mol. The summed E-state index contributed by atoms with van der Waals surface area (Å²) in [4.78, 5) is 4.29. The largest absolute Gasteiger partial charge is 0.356 e. The molecule has 0 bridgehead atoms. The summed E-state index contributed by atoms with van der Waals surface area (Å²) in [7, 11) is -3.60. The Hall–Kier alpha value is -2.52. The molecule has 0 aliphatic rings. The van der Waals surface area contributed by atoms with Crippen LogP contribution in [0.5, 0.6) is 0 Å². The van der Waals surface area contributed by atoms with Crippen molar-refractivity contribution in [2.24, 2.45) is 0 Å². The van der Waals surface area contributed by atoms with Crippen LogP contribution in [0.4, 0.5) is 0 Å². The van der Waals surface area contributed by atoms with Gasteiger partial charge < -0.3 is 9.84 Å². The van der Waals surface area contributed by atoms with E-state index < -0.39 is 10.0 Å². The first-order valence-corrected chi connectivity index (χ1v) is 10.9. The van der Waals surface area contributed by atoms with Crippen molar-refractivity contribution in [2.45, 2.75) is 24.3 Å². The summed E-state index contributed by atoms with van der Waals surface area (Å²) in [5.74, 6) is 0. The lowest BCUT2D eigenvalue weighted by Gasteiger charge is -2.15. The summed E-state index contributed by atoms with van der Waals surface area (Å²) in [6.07, 6.45) is 4.07. The van der Waals surface area contributed by atoms with Crippen LogP contribution in [-0.4, -0.2) is 37.7 Å². The number of para-hydroxylation sites is 1. The molecule has 30 heavy (non-hydrogen) atoms. The molecule has 0 aliphatic carbocycles. The Morgan fingerprint density at radius 1 is 1.10 bits per heavy atom. The molecule has 7 nitrogen and oxygen atoms in total. The molecule has 4 aromatic rings. The minimum Gasteiger partial charge on any atom is -0.356 e.